The van der Waals surface area contributed by atoms with Crippen LogP contribution in [0.5, 0.6) is 0 Å². The van der Waals surface area contributed by atoms with Crippen LogP contribution in [-0.2, 0) is 10.0 Å². The molecule has 2 rings (SSSR count). The van der Waals surface area contributed by atoms with Crippen LogP contribution in [0.25, 0.3) is 0 Å². The van der Waals surface area contributed by atoms with Crippen LogP contribution in [0.1, 0.15) is 22.8 Å². The van der Waals surface area contributed by atoms with E-state index in [0.717, 1.165) is 5.75 Å². The summed E-state index contributed by atoms with van der Waals surface area (Å²) >= 11 is 1.75. The summed E-state index contributed by atoms with van der Waals surface area (Å²) in [7, 11) is -3.62. The molecule has 1 N–H and O–H groups in total. The normalized spacial score (nSPS) is 20.8. The largest absolute Gasteiger partial charge is 0.478 e. The van der Waals surface area contributed by atoms with Crippen LogP contribution in [0.3, 0.4) is 0 Å². The predicted molar refractivity (Wildman–Crippen MR) is 78.8 cm³/mol. The fourth-order valence-corrected chi connectivity index (χ4v) is 5.16. The molecular weight excluding hydrogens is 298 g/mol. The first-order chi connectivity index (χ1) is 9.32. The molecule has 110 valence electrons. The lowest BCUT2D eigenvalue weighted by Gasteiger charge is -2.30. The fraction of sp³-hybridized carbons (Fsp3) is 0.462. The van der Waals surface area contributed by atoms with E-state index in [2.05, 4.69) is 0 Å². The van der Waals surface area contributed by atoms with Gasteiger partial charge in [0.05, 0.1) is 10.5 Å². The molecule has 0 aliphatic carbocycles. The van der Waals surface area contributed by atoms with Crippen molar-refractivity contribution in [1.82, 2.24) is 4.31 Å². The number of thioether (sulfide) groups is 1. The second kappa shape index (κ2) is 5.75. The maximum absolute atomic E-state index is 12.7. The zero-order valence-corrected chi connectivity index (χ0v) is 13.0. The summed E-state index contributed by atoms with van der Waals surface area (Å²) in [6.07, 6.45) is 0. The Bertz CT molecular complexity index is 627. The van der Waals surface area contributed by atoms with Gasteiger partial charge in [0.15, 0.2) is 0 Å². The Kier molecular flexibility index (Phi) is 4.41. The van der Waals surface area contributed by atoms with E-state index in [1.807, 2.05) is 6.92 Å². The monoisotopic (exact) mass is 315 g/mol. The Morgan fingerprint density at radius 1 is 1.45 bits per heavy atom. The van der Waals surface area contributed by atoms with Crippen LogP contribution in [0.4, 0.5) is 0 Å². The average Bonchev–Trinajstić information content (AvgIpc) is 2.38. The standard InChI is InChI=1S/C13H17NO4S2/c1-9-3-4-11(13(15)16)7-12(9)20(17,18)14-5-6-19-10(2)8-14/h3-4,7,10H,5-6,8H2,1-2H3,(H,15,16). The number of carbonyl (C=O) groups is 1. The molecule has 7 heteroatoms. The Labute approximate surface area is 123 Å². The third-order valence-corrected chi connectivity index (χ3v) is 6.40. The molecule has 1 unspecified atom stereocenters. The van der Waals surface area contributed by atoms with Crippen LogP contribution in [0.2, 0.25) is 0 Å². The van der Waals surface area contributed by atoms with Crippen LogP contribution < -0.4 is 0 Å². The second-order valence-corrected chi connectivity index (χ2v) is 8.28. The topological polar surface area (TPSA) is 74.7 Å². The minimum absolute atomic E-state index is 0.00592. The summed E-state index contributed by atoms with van der Waals surface area (Å²) in [6.45, 7) is 4.60. The molecule has 1 aliphatic heterocycles. The highest BCUT2D eigenvalue weighted by Gasteiger charge is 2.30. The van der Waals surface area contributed by atoms with Crippen molar-refractivity contribution in [3.05, 3.63) is 29.3 Å². The number of hydrogen-bond acceptors (Lipinski definition) is 4. The molecule has 1 aliphatic rings. The first-order valence-corrected chi connectivity index (χ1v) is 8.77. The van der Waals surface area contributed by atoms with E-state index < -0.39 is 16.0 Å². The van der Waals surface area contributed by atoms with Gasteiger partial charge in [0.1, 0.15) is 0 Å². The highest BCUT2D eigenvalue weighted by atomic mass is 32.2. The predicted octanol–water partition coefficient (Wildman–Crippen LogP) is 1.82. The molecule has 20 heavy (non-hydrogen) atoms. The Morgan fingerprint density at radius 2 is 2.15 bits per heavy atom. The lowest BCUT2D eigenvalue weighted by Crippen LogP contribution is -2.41. The molecule has 1 aromatic rings. The van der Waals surface area contributed by atoms with Crippen molar-refractivity contribution in [3.63, 3.8) is 0 Å². The smallest absolute Gasteiger partial charge is 0.335 e. The van der Waals surface area contributed by atoms with E-state index in [9.17, 15) is 13.2 Å². The Hall–Kier alpha value is -1.05. The SMILES string of the molecule is Cc1ccc(C(=O)O)cc1S(=O)(=O)N1CCSC(C)C1. The van der Waals surface area contributed by atoms with E-state index in [1.165, 1.54) is 16.4 Å². The molecule has 1 atom stereocenters. The maximum Gasteiger partial charge on any atom is 0.335 e. The molecule has 5 nitrogen and oxygen atoms in total. The third kappa shape index (κ3) is 2.99. The Balaban J connectivity index is 2.43. The number of sulfonamides is 1. The van der Waals surface area contributed by atoms with Crippen molar-refractivity contribution in [1.29, 1.82) is 0 Å². The van der Waals surface area contributed by atoms with E-state index >= 15 is 0 Å². The number of hydrogen-bond donors (Lipinski definition) is 1. The van der Waals surface area contributed by atoms with Gasteiger partial charge in [-0.05, 0) is 24.6 Å². The Morgan fingerprint density at radius 3 is 2.75 bits per heavy atom. The first kappa shape index (κ1) is 15.3. The van der Waals surface area contributed by atoms with Gasteiger partial charge in [-0.1, -0.05) is 13.0 Å². The van der Waals surface area contributed by atoms with Gasteiger partial charge in [0, 0.05) is 24.1 Å². The highest BCUT2D eigenvalue weighted by molar-refractivity contribution is 8.00. The van der Waals surface area contributed by atoms with Crippen LogP contribution in [0.15, 0.2) is 23.1 Å². The summed E-state index contributed by atoms with van der Waals surface area (Å²) in [5.74, 6) is -0.359. The second-order valence-electron chi connectivity index (χ2n) is 4.83. The average molecular weight is 315 g/mol. The van der Waals surface area contributed by atoms with Crippen molar-refractivity contribution in [2.24, 2.45) is 0 Å². The molecular formula is C13H17NO4S2. The molecule has 0 saturated carbocycles. The van der Waals surface area contributed by atoms with Gasteiger partial charge in [-0.3, -0.25) is 0 Å². The minimum atomic E-state index is -3.62. The van der Waals surface area contributed by atoms with E-state index in [1.54, 1.807) is 24.8 Å². The van der Waals surface area contributed by atoms with Gasteiger partial charge in [0.25, 0.3) is 0 Å². The van der Waals surface area contributed by atoms with Gasteiger partial charge in [-0.2, -0.15) is 16.1 Å². The zero-order valence-electron chi connectivity index (χ0n) is 11.4. The summed E-state index contributed by atoms with van der Waals surface area (Å²) in [4.78, 5) is 11.1. The number of carboxylic acid groups (broad SMARTS) is 1. The summed E-state index contributed by atoms with van der Waals surface area (Å²) in [6, 6.07) is 4.21. The quantitative estimate of drug-likeness (QED) is 0.921. The number of aryl methyl sites for hydroxylation is 1. The number of nitrogens with zero attached hydrogens (tertiary/aromatic N) is 1. The van der Waals surface area contributed by atoms with Crippen LogP contribution in [0, 0.1) is 6.92 Å². The third-order valence-electron chi connectivity index (χ3n) is 3.26. The molecule has 1 heterocycles. The van der Waals surface area contributed by atoms with Gasteiger partial charge >= 0.3 is 5.97 Å². The van der Waals surface area contributed by atoms with Crippen molar-refractivity contribution in [3.8, 4) is 0 Å². The zero-order chi connectivity index (χ0) is 14.9. The van der Waals surface area contributed by atoms with Crippen molar-refractivity contribution in [2.45, 2.75) is 24.0 Å². The van der Waals surface area contributed by atoms with Gasteiger partial charge in [-0.15, -0.1) is 0 Å². The molecule has 1 aromatic carbocycles. The van der Waals surface area contributed by atoms with Crippen molar-refractivity contribution in [2.75, 3.05) is 18.8 Å². The van der Waals surface area contributed by atoms with Crippen molar-refractivity contribution < 1.29 is 18.3 Å². The number of carboxylic acids is 1. The molecule has 1 saturated heterocycles. The molecule has 0 radical (unpaired) electrons. The molecule has 0 spiro atoms. The first-order valence-electron chi connectivity index (χ1n) is 6.28. The summed E-state index contributed by atoms with van der Waals surface area (Å²) in [5, 5.41) is 9.26. The lowest BCUT2D eigenvalue weighted by atomic mass is 10.1. The van der Waals surface area contributed by atoms with E-state index in [4.69, 9.17) is 5.11 Å². The van der Waals surface area contributed by atoms with Gasteiger partial charge in [-0.25, -0.2) is 13.2 Å². The number of rotatable bonds is 3. The van der Waals surface area contributed by atoms with Crippen LogP contribution in [-0.4, -0.2) is 47.9 Å². The van der Waals surface area contributed by atoms with E-state index in [0.29, 0.717) is 18.7 Å². The van der Waals surface area contributed by atoms with Gasteiger partial charge < -0.3 is 5.11 Å². The molecule has 0 amide bonds. The summed E-state index contributed by atoms with van der Waals surface area (Å²) in [5.41, 5.74) is 0.564. The molecule has 0 aromatic heterocycles. The maximum atomic E-state index is 12.7. The lowest BCUT2D eigenvalue weighted by molar-refractivity contribution is 0.0696. The fourth-order valence-electron chi connectivity index (χ4n) is 2.15. The number of aromatic carboxylic acids is 1. The van der Waals surface area contributed by atoms with E-state index in [-0.39, 0.29) is 15.7 Å². The molecule has 0 bridgehead atoms. The highest BCUT2D eigenvalue weighted by Crippen LogP contribution is 2.26. The summed E-state index contributed by atoms with van der Waals surface area (Å²) < 4.78 is 26.8. The van der Waals surface area contributed by atoms with Gasteiger partial charge in [0.2, 0.25) is 10.0 Å². The molecule has 1 fully saturated rings. The van der Waals surface area contributed by atoms with Crippen LogP contribution >= 0.6 is 11.8 Å². The van der Waals surface area contributed by atoms with Crippen molar-refractivity contribution >= 4 is 27.8 Å². The minimum Gasteiger partial charge on any atom is -0.478 e. The number of benzene rings is 1.